The van der Waals surface area contributed by atoms with Crippen LogP contribution in [0.2, 0.25) is 10.0 Å². The molecule has 0 aliphatic heterocycles. The van der Waals surface area contributed by atoms with Crippen LogP contribution >= 0.6 is 23.2 Å². The largest absolute Gasteiger partial charge is 0.505 e. The van der Waals surface area contributed by atoms with Crippen molar-refractivity contribution < 1.29 is 9.90 Å². The van der Waals surface area contributed by atoms with Crippen LogP contribution < -0.4 is 10.6 Å². The maximum atomic E-state index is 11.7. The summed E-state index contributed by atoms with van der Waals surface area (Å²) in [4.78, 5) is 24.7. The molecule has 2 aromatic heterocycles. The molecule has 0 spiro atoms. The van der Waals surface area contributed by atoms with Crippen molar-refractivity contribution in [2.24, 2.45) is 0 Å². The Balaban J connectivity index is 1.93. The summed E-state index contributed by atoms with van der Waals surface area (Å²) in [6.45, 7) is 2.53. The van der Waals surface area contributed by atoms with Crippen LogP contribution in [-0.2, 0) is 0 Å². The Bertz CT molecular complexity index is 958. The van der Waals surface area contributed by atoms with E-state index in [1.807, 2.05) is 6.92 Å². The van der Waals surface area contributed by atoms with Gasteiger partial charge in [0.25, 0.3) is 0 Å². The number of aromatic nitrogens is 3. The Hall–Kier alpha value is -2.64. The van der Waals surface area contributed by atoms with Crippen LogP contribution in [0.1, 0.15) is 13.3 Å². The molecule has 3 N–H and O–H groups in total. The molecular weight excluding hydrogens is 377 g/mol. The summed E-state index contributed by atoms with van der Waals surface area (Å²) in [7, 11) is 0. The quantitative estimate of drug-likeness (QED) is 0.617. The average molecular weight is 392 g/mol. The molecule has 0 saturated carbocycles. The smallest absolute Gasteiger partial charge is 0.320 e. The highest BCUT2D eigenvalue weighted by molar-refractivity contribution is 6.37. The Morgan fingerprint density at radius 3 is 2.62 bits per heavy atom. The summed E-state index contributed by atoms with van der Waals surface area (Å²) in [5.74, 6) is 0.111. The van der Waals surface area contributed by atoms with Gasteiger partial charge in [-0.15, -0.1) is 0 Å². The van der Waals surface area contributed by atoms with E-state index in [0.717, 1.165) is 6.42 Å². The minimum absolute atomic E-state index is 0.128. The Kier molecular flexibility index (Phi) is 5.39. The molecule has 3 aromatic rings. The molecule has 7 nitrogen and oxygen atoms in total. The van der Waals surface area contributed by atoms with Gasteiger partial charge in [0.1, 0.15) is 5.52 Å². The number of fused-ring (bicyclic) bond motifs is 1. The van der Waals surface area contributed by atoms with E-state index in [0.29, 0.717) is 29.0 Å². The van der Waals surface area contributed by atoms with Gasteiger partial charge in [0.15, 0.2) is 17.2 Å². The van der Waals surface area contributed by atoms with Crippen LogP contribution in [0.15, 0.2) is 30.5 Å². The number of phenolic OH excluding ortho intramolecular Hbond substituents is 1. The van der Waals surface area contributed by atoms with Crippen molar-refractivity contribution in [2.45, 2.75) is 13.3 Å². The lowest BCUT2D eigenvalue weighted by Gasteiger charge is -2.08. The molecule has 0 radical (unpaired) electrons. The van der Waals surface area contributed by atoms with Gasteiger partial charge in [-0.05, 0) is 30.7 Å². The molecule has 0 aliphatic carbocycles. The number of pyridine rings is 1. The number of phenols is 1. The molecule has 0 saturated heterocycles. The van der Waals surface area contributed by atoms with Gasteiger partial charge in [0.05, 0.1) is 21.9 Å². The number of carbonyl (C=O) groups excluding carboxylic acids is 1. The number of aromatic hydroxyl groups is 1. The van der Waals surface area contributed by atoms with Gasteiger partial charge in [-0.3, -0.25) is 5.32 Å². The molecular formula is C17H15Cl2N5O2. The van der Waals surface area contributed by atoms with E-state index in [4.69, 9.17) is 23.2 Å². The summed E-state index contributed by atoms with van der Waals surface area (Å²) >= 11 is 11.9. The highest BCUT2D eigenvalue weighted by Crippen LogP contribution is 2.36. The number of nitrogens with zero attached hydrogens (tertiary/aromatic N) is 3. The van der Waals surface area contributed by atoms with E-state index in [1.165, 1.54) is 6.20 Å². The molecule has 134 valence electrons. The highest BCUT2D eigenvalue weighted by Gasteiger charge is 2.11. The maximum Gasteiger partial charge on any atom is 0.320 e. The Morgan fingerprint density at radius 1 is 1.19 bits per heavy atom. The topological polar surface area (TPSA) is 100 Å². The third kappa shape index (κ3) is 3.95. The van der Waals surface area contributed by atoms with Gasteiger partial charge in [0, 0.05) is 12.1 Å². The van der Waals surface area contributed by atoms with Crippen LogP contribution in [0.25, 0.3) is 22.4 Å². The lowest BCUT2D eigenvalue weighted by atomic mass is 10.1. The van der Waals surface area contributed by atoms with Gasteiger partial charge in [-0.25, -0.2) is 19.7 Å². The van der Waals surface area contributed by atoms with E-state index < -0.39 is 0 Å². The van der Waals surface area contributed by atoms with Crippen molar-refractivity contribution >= 4 is 46.2 Å². The lowest BCUT2D eigenvalue weighted by molar-refractivity contribution is 0.252. The second-order valence-electron chi connectivity index (χ2n) is 5.46. The number of anilines is 1. The van der Waals surface area contributed by atoms with Crippen molar-refractivity contribution in [3.05, 3.63) is 40.5 Å². The van der Waals surface area contributed by atoms with Crippen molar-refractivity contribution in [1.29, 1.82) is 0 Å². The molecule has 0 fully saturated rings. The molecule has 1 aromatic carbocycles. The highest BCUT2D eigenvalue weighted by atomic mass is 35.5. The normalized spacial score (nSPS) is 10.7. The molecule has 3 rings (SSSR count). The van der Waals surface area contributed by atoms with Crippen LogP contribution in [0.3, 0.4) is 0 Å². The van der Waals surface area contributed by atoms with Crippen LogP contribution in [0.4, 0.5) is 10.6 Å². The molecule has 26 heavy (non-hydrogen) atoms. The molecule has 9 heteroatoms. The number of nitrogens with one attached hydrogen (secondary N) is 2. The number of halogens is 2. The standard InChI is InChI=1S/C17H15Cl2N5O2/c1-2-5-20-17(26)24-14-8-21-13-4-3-12(22-16(13)23-14)9-6-10(18)15(25)11(19)7-9/h3-4,6-8,25H,2,5H2,1H3,(H2,20,22,23,24,26). The second kappa shape index (κ2) is 7.72. The monoisotopic (exact) mass is 391 g/mol. The fourth-order valence-electron chi connectivity index (χ4n) is 2.23. The van der Waals surface area contributed by atoms with Crippen molar-refractivity contribution in [3.63, 3.8) is 0 Å². The second-order valence-corrected chi connectivity index (χ2v) is 6.28. The first kappa shape index (κ1) is 18.2. The zero-order chi connectivity index (χ0) is 18.7. The summed E-state index contributed by atoms with van der Waals surface area (Å²) in [5, 5.41) is 15.2. The number of hydrogen-bond donors (Lipinski definition) is 3. The summed E-state index contributed by atoms with van der Waals surface area (Å²) in [6.07, 6.45) is 2.29. The maximum absolute atomic E-state index is 11.7. The van der Waals surface area contributed by atoms with Gasteiger partial charge in [0.2, 0.25) is 0 Å². The summed E-state index contributed by atoms with van der Waals surface area (Å²) < 4.78 is 0. The molecule has 2 amide bonds. The molecule has 0 atom stereocenters. The first-order valence-electron chi connectivity index (χ1n) is 7.85. The first-order chi connectivity index (χ1) is 12.5. The van der Waals surface area contributed by atoms with E-state index >= 15 is 0 Å². The summed E-state index contributed by atoms with van der Waals surface area (Å²) in [6, 6.07) is 6.26. The van der Waals surface area contributed by atoms with Gasteiger partial charge >= 0.3 is 6.03 Å². The van der Waals surface area contributed by atoms with Crippen LogP contribution in [-0.4, -0.2) is 32.6 Å². The van der Waals surface area contributed by atoms with Gasteiger partial charge < -0.3 is 10.4 Å². The average Bonchev–Trinajstić information content (AvgIpc) is 2.63. The predicted molar refractivity (Wildman–Crippen MR) is 102 cm³/mol. The Morgan fingerprint density at radius 2 is 1.92 bits per heavy atom. The van der Waals surface area contributed by atoms with Crippen molar-refractivity contribution in [2.75, 3.05) is 11.9 Å². The van der Waals surface area contributed by atoms with Crippen LogP contribution in [0, 0.1) is 0 Å². The number of urea groups is 1. The Labute approximate surface area is 159 Å². The predicted octanol–water partition coefficient (Wildman–Crippen LogP) is 4.24. The third-order valence-electron chi connectivity index (χ3n) is 3.50. The number of benzene rings is 1. The third-order valence-corrected chi connectivity index (χ3v) is 4.07. The lowest BCUT2D eigenvalue weighted by Crippen LogP contribution is -2.29. The molecule has 0 bridgehead atoms. The molecule has 0 aliphatic rings. The number of rotatable bonds is 4. The SMILES string of the molecule is CCCNC(=O)Nc1cnc2ccc(-c3cc(Cl)c(O)c(Cl)c3)nc2n1. The van der Waals surface area contributed by atoms with E-state index in [-0.39, 0.29) is 27.6 Å². The first-order valence-corrected chi connectivity index (χ1v) is 8.60. The summed E-state index contributed by atoms with van der Waals surface area (Å²) in [5.41, 5.74) is 2.11. The van der Waals surface area contributed by atoms with Crippen molar-refractivity contribution in [1.82, 2.24) is 20.3 Å². The minimum Gasteiger partial charge on any atom is -0.505 e. The number of carbonyl (C=O) groups is 1. The zero-order valence-corrected chi connectivity index (χ0v) is 15.3. The van der Waals surface area contributed by atoms with Crippen LogP contribution in [0.5, 0.6) is 5.75 Å². The van der Waals surface area contributed by atoms with E-state index in [9.17, 15) is 9.90 Å². The minimum atomic E-state index is -0.353. The van der Waals surface area contributed by atoms with Gasteiger partial charge in [-0.1, -0.05) is 30.1 Å². The number of amides is 2. The van der Waals surface area contributed by atoms with E-state index in [2.05, 4.69) is 25.6 Å². The zero-order valence-electron chi connectivity index (χ0n) is 13.8. The molecule has 2 heterocycles. The molecule has 0 unspecified atom stereocenters. The van der Waals surface area contributed by atoms with E-state index in [1.54, 1.807) is 24.3 Å². The van der Waals surface area contributed by atoms with Gasteiger partial charge in [-0.2, -0.15) is 0 Å². The fraction of sp³-hybridized carbons (Fsp3) is 0.176. The number of hydrogen-bond acceptors (Lipinski definition) is 5. The van der Waals surface area contributed by atoms with Crippen molar-refractivity contribution in [3.8, 4) is 17.0 Å². The fourth-order valence-corrected chi connectivity index (χ4v) is 2.72.